The Morgan fingerprint density at radius 3 is 2.59 bits per heavy atom. The number of rotatable bonds is 4. The number of aryl methyl sites for hydroxylation is 1. The first-order valence-electron chi connectivity index (χ1n) is 5.96. The number of anilines is 2. The third-order valence-electron chi connectivity index (χ3n) is 3.57. The molecule has 0 bridgehead atoms. The number of thioether (sulfide) groups is 1. The fourth-order valence-corrected chi connectivity index (χ4v) is 3.00. The normalized spacial score (nSPS) is 17.6. The number of aromatic nitrogens is 2. The fraction of sp³-hybridized carbons (Fsp3) is 0.667. The maximum Gasteiger partial charge on any atom is 0.134 e. The molecule has 1 saturated carbocycles. The average Bonchev–Trinajstić information content (AvgIpc) is 2.23. The lowest BCUT2D eigenvalue weighted by molar-refractivity contribution is 0.379. The predicted octanol–water partition coefficient (Wildman–Crippen LogP) is 2.37. The Morgan fingerprint density at radius 1 is 1.35 bits per heavy atom. The Kier molecular flexibility index (Phi) is 3.47. The summed E-state index contributed by atoms with van der Waals surface area (Å²) in [5.41, 5.74) is 6.79. The average molecular weight is 252 g/mol. The molecule has 0 aliphatic heterocycles. The van der Waals surface area contributed by atoms with E-state index in [0.29, 0.717) is 10.6 Å². The minimum atomic E-state index is 0.403. The van der Waals surface area contributed by atoms with Crippen LogP contribution in [0.15, 0.2) is 0 Å². The van der Waals surface area contributed by atoms with Crippen LogP contribution in [0.5, 0.6) is 0 Å². The first-order valence-corrected chi connectivity index (χ1v) is 7.18. The van der Waals surface area contributed by atoms with E-state index in [2.05, 4.69) is 21.5 Å². The van der Waals surface area contributed by atoms with Gasteiger partial charge in [-0.15, -0.1) is 0 Å². The molecular weight excluding hydrogens is 232 g/mol. The van der Waals surface area contributed by atoms with Crippen LogP contribution in [0, 0.1) is 13.8 Å². The molecule has 1 heterocycles. The number of nitrogens with zero attached hydrogens (tertiary/aromatic N) is 2. The lowest BCUT2D eigenvalue weighted by atomic mass is 9.84. The highest BCUT2D eigenvalue weighted by atomic mass is 32.2. The molecule has 0 amide bonds. The highest BCUT2D eigenvalue weighted by molar-refractivity contribution is 8.00. The van der Waals surface area contributed by atoms with E-state index in [-0.39, 0.29) is 0 Å². The van der Waals surface area contributed by atoms with Crippen LogP contribution < -0.4 is 11.1 Å². The molecular formula is C12H20N4S. The Labute approximate surface area is 107 Å². The molecule has 3 N–H and O–H groups in total. The molecule has 0 aromatic carbocycles. The molecule has 0 spiro atoms. The lowest BCUT2D eigenvalue weighted by Crippen LogP contribution is -2.40. The molecule has 2 rings (SSSR count). The van der Waals surface area contributed by atoms with Crippen molar-refractivity contribution in [3.8, 4) is 0 Å². The van der Waals surface area contributed by atoms with E-state index < -0.39 is 0 Å². The van der Waals surface area contributed by atoms with Gasteiger partial charge in [-0.05, 0) is 32.9 Å². The zero-order chi connectivity index (χ0) is 12.5. The van der Waals surface area contributed by atoms with Gasteiger partial charge in [0, 0.05) is 16.9 Å². The van der Waals surface area contributed by atoms with Crippen LogP contribution in [-0.4, -0.2) is 27.5 Å². The summed E-state index contributed by atoms with van der Waals surface area (Å²) in [6, 6.07) is 0. The number of nitrogen functional groups attached to an aromatic ring is 1. The van der Waals surface area contributed by atoms with Crippen molar-refractivity contribution in [3.05, 3.63) is 11.4 Å². The van der Waals surface area contributed by atoms with Gasteiger partial charge in [0.1, 0.15) is 17.5 Å². The molecule has 0 saturated heterocycles. The van der Waals surface area contributed by atoms with E-state index in [1.807, 2.05) is 25.6 Å². The van der Waals surface area contributed by atoms with Crippen LogP contribution in [0.25, 0.3) is 0 Å². The van der Waals surface area contributed by atoms with Gasteiger partial charge in [-0.25, -0.2) is 9.97 Å². The number of nitrogens with two attached hydrogens (primary N) is 1. The standard InChI is InChI=1S/C12H20N4S/c1-8-10(13)15-9(2)16-11(8)14-7-12(17-3)5-4-6-12/h4-7H2,1-3H3,(H3,13,14,15,16). The van der Waals surface area contributed by atoms with Crippen molar-refractivity contribution in [2.75, 3.05) is 23.9 Å². The summed E-state index contributed by atoms with van der Waals surface area (Å²) >= 11 is 1.96. The smallest absolute Gasteiger partial charge is 0.134 e. The number of nitrogens with one attached hydrogen (secondary N) is 1. The second-order valence-corrected chi connectivity index (χ2v) is 6.00. The first kappa shape index (κ1) is 12.5. The molecule has 94 valence electrons. The highest BCUT2D eigenvalue weighted by Crippen LogP contribution is 2.42. The number of hydrogen-bond acceptors (Lipinski definition) is 5. The van der Waals surface area contributed by atoms with Crippen LogP contribution in [-0.2, 0) is 0 Å². The van der Waals surface area contributed by atoms with Gasteiger partial charge >= 0.3 is 0 Å². The molecule has 0 radical (unpaired) electrons. The molecule has 1 aliphatic rings. The molecule has 17 heavy (non-hydrogen) atoms. The van der Waals surface area contributed by atoms with E-state index in [1.165, 1.54) is 19.3 Å². The second-order valence-electron chi connectivity index (χ2n) is 4.72. The summed E-state index contributed by atoms with van der Waals surface area (Å²) < 4.78 is 0.403. The summed E-state index contributed by atoms with van der Waals surface area (Å²) in [6.07, 6.45) is 6.11. The summed E-state index contributed by atoms with van der Waals surface area (Å²) in [4.78, 5) is 8.57. The van der Waals surface area contributed by atoms with Gasteiger partial charge < -0.3 is 11.1 Å². The first-order chi connectivity index (χ1) is 8.06. The van der Waals surface area contributed by atoms with Crippen molar-refractivity contribution in [1.82, 2.24) is 9.97 Å². The van der Waals surface area contributed by atoms with Crippen LogP contribution in [0.1, 0.15) is 30.7 Å². The SMILES string of the molecule is CSC1(CNc2nc(C)nc(N)c2C)CCC1. The van der Waals surface area contributed by atoms with Gasteiger partial charge in [0.2, 0.25) is 0 Å². The molecule has 5 heteroatoms. The van der Waals surface area contributed by atoms with Crippen LogP contribution in [0.2, 0.25) is 0 Å². The van der Waals surface area contributed by atoms with Crippen molar-refractivity contribution in [2.24, 2.45) is 0 Å². The van der Waals surface area contributed by atoms with Crippen LogP contribution in [0.3, 0.4) is 0 Å². The Bertz CT molecular complexity index is 410. The largest absolute Gasteiger partial charge is 0.383 e. The van der Waals surface area contributed by atoms with Gasteiger partial charge in [-0.1, -0.05) is 6.42 Å². The Balaban J connectivity index is 2.08. The van der Waals surface area contributed by atoms with Crippen molar-refractivity contribution in [1.29, 1.82) is 0 Å². The van der Waals surface area contributed by atoms with Gasteiger partial charge in [-0.3, -0.25) is 0 Å². The monoisotopic (exact) mass is 252 g/mol. The Morgan fingerprint density at radius 2 is 2.06 bits per heavy atom. The second kappa shape index (κ2) is 4.72. The summed E-state index contributed by atoms with van der Waals surface area (Å²) in [6.45, 7) is 4.79. The lowest BCUT2D eigenvalue weighted by Gasteiger charge is -2.40. The fourth-order valence-electron chi connectivity index (χ4n) is 2.09. The molecule has 4 nitrogen and oxygen atoms in total. The molecule has 0 atom stereocenters. The van der Waals surface area contributed by atoms with Crippen molar-refractivity contribution >= 4 is 23.4 Å². The highest BCUT2D eigenvalue weighted by Gasteiger charge is 2.36. The van der Waals surface area contributed by atoms with Gasteiger partial charge in [0.25, 0.3) is 0 Å². The minimum absolute atomic E-state index is 0.403. The van der Waals surface area contributed by atoms with E-state index >= 15 is 0 Å². The summed E-state index contributed by atoms with van der Waals surface area (Å²) in [5.74, 6) is 2.18. The molecule has 1 fully saturated rings. The van der Waals surface area contributed by atoms with E-state index in [9.17, 15) is 0 Å². The van der Waals surface area contributed by atoms with Gasteiger partial charge in [0.05, 0.1) is 0 Å². The third kappa shape index (κ3) is 2.49. The minimum Gasteiger partial charge on any atom is -0.383 e. The maximum absolute atomic E-state index is 5.84. The molecule has 0 unspecified atom stereocenters. The summed E-state index contributed by atoms with van der Waals surface area (Å²) in [7, 11) is 0. The quantitative estimate of drug-likeness (QED) is 0.861. The van der Waals surface area contributed by atoms with Crippen LogP contribution >= 0.6 is 11.8 Å². The van der Waals surface area contributed by atoms with Crippen molar-refractivity contribution in [3.63, 3.8) is 0 Å². The predicted molar refractivity (Wildman–Crippen MR) is 74.5 cm³/mol. The van der Waals surface area contributed by atoms with Crippen LogP contribution in [0.4, 0.5) is 11.6 Å². The maximum atomic E-state index is 5.84. The van der Waals surface area contributed by atoms with E-state index in [4.69, 9.17) is 5.73 Å². The van der Waals surface area contributed by atoms with Gasteiger partial charge in [-0.2, -0.15) is 11.8 Å². The van der Waals surface area contributed by atoms with Crippen molar-refractivity contribution < 1.29 is 0 Å². The summed E-state index contributed by atoms with van der Waals surface area (Å²) in [5, 5.41) is 3.44. The third-order valence-corrected chi connectivity index (χ3v) is 4.99. The zero-order valence-electron chi connectivity index (χ0n) is 10.7. The van der Waals surface area contributed by atoms with E-state index in [1.54, 1.807) is 0 Å². The molecule has 1 aromatic rings. The van der Waals surface area contributed by atoms with Gasteiger partial charge in [0.15, 0.2) is 0 Å². The molecule has 1 aliphatic carbocycles. The zero-order valence-corrected chi connectivity index (χ0v) is 11.5. The van der Waals surface area contributed by atoms with Crippen molar-refractivity contribution in [2.45, 2.75) is 37.9 Å². The molecule has 1 aromatic heterocycles. The Hall–Kier alpha value is -0.970. The number of hydrogen-bond donors (Lipinski definition) is 2. The van der Waals surface area contributed by atoms with E-state index in [0.717, 1.165) is 23.8 Å². The topological polar surface area (TPSA) is 63.8 Å².